The summed E-state index contributed by atoms with van der Waals surface area (Å²) in [4.78, 5) is 10.1. The highest BCUT2D eigenvalue weighted by Crippen LogP contribution is 2.45. The third kappa shape index (κ3) is 2.71. The highest BCUT2D eigenvalue weighted by atomic mass is 31.2. The predicted octanol–water partition coefficient (Wildman–Crippen LogP) is 1.60. The van der Waals surface area contributed by atoms with Crippen molar-refractivity contribution in [2.45, 2.75) is 6.92 Å². The van der Waals surface area contributed by atoms with Crippen molar-refractivity contribution in [3.8, 4) is 5.69 Å². The lowest BCUT2D eigenvalue weighted by Gasteiger charge is -2.11. The molecular weight excluding hydrogens is 299 g/mol. The predicted molar refractivity (Wildman–Crippen MR) is 74.0 cm³/mol. The van der Waals surface area contributed by atoms with Crippen LogP contribution in [-0.4, -0.2) is 34.1 Å². The first-order valence-electron chi connectivity index (χ1n) is 5.82. The zero-order valence-corrected chi connectivity index (χ0v) is 12.5. The minimum atomic E-state index is -3.50. The molecule has 2 rings (SSSR count). The van der Waals surface area contributed by atoms with Crippen molar-refractivity contribution in [1.82, 2.24) is 15.0 Å². The molecule has 0 atom stereocenters. The van der Waals surface area contributed by atoms with Crippen molar-refractivity contribution in [1.29, 1.82) is 0 Å². The number of benzene rings is 1. The molecule has 0 amide bonds. The number of nitrogens with zero attached hydrogens (tertiary/aromatic N) is 4. The Hall–Kier alpha value is -2.09. The van der Waals surface area contributed by atoms with Crippen LogP contribution in [0.1, 0.15) is 5.69 Å². The van der Waals surface area contributed by atoms with Crippen molar-refractivity contribution < 1.29 is 18.5 Å². The van der Waals surface area contributed by atoms with E-state index in [1.165, 1.54) is 43.2 Å². The van der Waals surface area contributed by atoms with Crippen molar-refractivity contribution in [3.63, 3.8) is 0 Å². The van der Waals surface area contributed by atoms with Gasteiger partial charge in [-0.25, -0.2) is 4.68 Å². The van der Waals surface area contributed by atoms with Gasteiger partial charge in [0.2, 0.25) is 0 Å². The second-order valence-electron chi connectivity index (χ2n) is 4.05. The molecule has 0 aliphatic heterocycles. The molecule has 0 unspecified atom stereocenters. The van der Waals surface area contributed by atoms with Gasteiger partial charge in [-0.2, -0.15) is 0 Å². The Morgan fingerprint density at radius 1 is 1.24 bits per heavy atom. The maximum absolute atomic E-state index is 12.3. The molecule has 10 heteroatoms. The maximum Gasteiger partial charge on any atom is 0.382 e. The summed E-state index contributed by atoms with van der Waals surface area (Å²) in [6, 6.07) is 5.74. The van der Waals surface area contributed by atoms with Gasteiger partial charge in [0.25, 0.3) is 5.69 Å². The number of nitro benzene ring substituents is 1. The van der Waals surface area contributed by atoms with Crippen LogP contribution < -0.4 is 5.44 Å². The molecule has 0 aliphatic rings. The van der Waals surface area contributed by atoms with E-state index < -0.39 is 12.5 Å². The van der Waals surface area contributed by atoms with E-state index in [2.05, 4.69) is 10.3 Å². The van der Waals surface area contributed by atoms with Crippen LogP contribution >= 0.6 is 7.60 Å². The Balaban J connectivity index is 2.45. The molecule has 112 valence electrons. The molecule has 1 heterocycles. The first kappa shape index (κ1) is 15.3. The molecule has 0 fully saturated rings. The molecule has 0 saturated carbocycles. The number of hydrogen-bond donors (Lipinski definition) is 0. The van der Waals surface area contributed by atoms with Crippen LogP contribution in [0.25, 0.3) is 5.69 Å². The lowest BCUT2D eigenvalue weighted by Crippen LogP contribution is -2.13. The smallest absolute Gasteiger partial charge is 0.307 e. The first-order valence-corrected chi connectivity index (χ1v) is 7.36. The molecule has 21 heavy (non-hydrogen) atoms. The number of rotatable bonds is 5. The summed E-state index contributed by atoms with van der Waals surface area (Å²) in [7, 11) is -0.982. The van der Waals surface area contributed by atoms with Crippen molar-refractivity contribution in [2.24, 2.45) is 0 Å². The Kier molecular flexibility index (Phi) is 4.17. The third-order valence-corrected chi connectivity index (χ3v) is 4.81. The van der Waals surface area contributed by atoms with E-state index in [4.69, 9.17) is 9.05 Å². The number of nitro groups is 1. The number of non-ortho nitro benzene ring substituents is 1. The zero-order valence-electron chi connectivity index (χ0n) is 11.6. The summed E-state index contributed by atoms with van der Waals surface area (Å²) in [5.41, 5.74) is 1.09. The van der Waals surface area contributed by atoms with Crippen LogP contribution in [0, 0.1) is 17.0 Å². The largest absolute Gasteiger partial charge is 0.382 e. The average molecular weight is 312 g/mol. The van der Waals surface area contributed by atoms with Crippen LogP contribution in [0.5, 0.6) is 0 Å². The van der Waals surface area contributed by atoms with Crippen LogP contribution in [0.3, 0.4) is 0 Å². The van der Waals surface area contributed by atoms with E-state index in [9.17, 15) is 14.7 Å². The molecule has 9 nitrogen and oxygen atoms in total. The van der Waals surface area contributed by atoms with Crippen molar-refractivity contribution in [3.05, 3.63) is 40.1 Å². The summed E-state index contributed by atoms with van der Waals surface area (Å²) in [6.07, 6.45) is 0. The zero-order chi connectivity index (χ0) is 15.6. The van der Waals surface area contributed by atoms with Gasteiger partial charge >= 0.3 is 7.60 Å². The molecule has 0 saturated heterocycles. The average Bonchev–Trinajstić information content (AvgIpc) is 2.89. The number of hydrogen-bond acceptors (Lipinski definition) is 7. The first-order chi connectivity index (χ1) is 9.92. The Morgan fingerprint density at radius 2 is 1.81 bits per heavy atom. The van der Waals surface area contributed by atoms with Crippen molar-refractivity contribution >= 4 is 18.7 Å². The summed E-state index contributed by atoms with van der Waals surface area (Å²) >= 11 is 0. The van der Waals surface area contributed by atoms with Gasteiger partial charge in [-0.15, -0.1) is 5.10 Å². The van der Waals surface area contributed by atoms with E-state index >= 15 is 0 Å². The fraction of sp³-hybridized carbons (Fsp3) is 0.273. The lowest BCUT2D eigenvalue weighted by atomic mass is 10.3. The fourth-order valence-electron chi connectivity index (χ4n) is 1.78. The summed E-state index contributed by atoms with van der Waals surface area (Å²) < 4.78 is 23.5. The van der Waals surface area contributed by atoms with Gasteiger partial charge in [0.15, 0.2) is 5.44 Å². The summed E-state index contributed by atoms with van der Waals surface area (Å²) in [6.45, 7) is 1.65. The Bertz CT molecular complexity index is 704. The molecule has 0 bridgehead atoms. The van der Waals surface area contributed by atoms with Gasteiger partial charge in [0.1, 0.15) is 0 Å². The second kappa shape index (κ2) is 5.72. The SMILES string of the molecule is COP(=O)(OC)c1nnn(-c2ccc([N+](=O)[O-])cc2)c1C. The van der Waals surface area contributed by atoms with Gasteiger partial charge in [-0.3, -0.25) is 14.7 Å². The quantitative estimate of drug-likeness (QED) is 0.468. The fourth-order valence-corrected chi connectivity index (χ4v) is 2.92. The minimum Gasteiger partial charge on any atom is -0.307 e. The molecule has 1 aromatic heterocycles. The van der Waals surface area contributed by atoms with Gasteiger partial charge in [0.05, 0.1) is 16.3 Å². The Morgan fingerprint density at radius 3 is 2.29 bits per heavy atom. The highest BCUT2D eigenvalue weighted by molar-refractivity contribution is 7.62. The van der Waals surface area contributed by atoms with Gasteiger partial charge in [0, 0.05) is 26.4 Å². The number of aromatic nitrogens is 3. The molecule has 0 radical (unpaired) electrons. The second-order valence-corrected chi connectivity index (χ2v) is 6.20. The molecule has 1 aromatic carbocycles. The van der Waals surface area contributed by atoms with E-state index in [0.29, 0.717) is 11.4 Å². The summed E-state index contributed by atoms with van der Waals surface area (Å²) in [5, 5.41) is 18.3. The van der Waals surface area contributed by atoms with Crippen LogP contribution in [0.2, 0.25) is 0 Å². The normalized spacial score (nSPS) is 11.6. The molecule has 0 spiro atoms. The monoisotopic (exact) mass is 312 g/mol. The Labute approximate surface area is 120 Å². The lowest BCUT2D eigenvalue weighted by molar-refractivity contribution is -0.384. The van der Waals surface area contributed by atoms with Gasteiger partial charge in [-0.1, -0.05) is 5.21 Å². The van der Waals surface area contributed by atoms with Gasteiger partial charge in [-0.05, 0) is 19.1 Å². The van der Waals surface area contributed by atoms with E-state index in [-0.39, 0.29) is 11.1 Å². The maximum atomic E-state index is 12.3. The van der Waals surface area contributed by atoms with Crippen LogP contribution in [0.4, 0.5) is 5.69 Å². The van der Waals surface area contributed by atoms with E-state index in [0.717, 1.165) is 0 Å². The van der Waals surface area contributed by atoms with Gasteiger partial charge < -0.3 is 9.05 Å². The topological polar surface area (TPSA) is 109 Å². The minimum absolute atomic E-state index is 0.0313. The van der Waals surface area contributed by atoms with E-state index in [1.807, 2.05) is 0 Å². The standard InChI is InChI=1S/C11H13N4O5P/c1-8-11(21(18,19-2)20-3)12-13-14(8)9-4-6-10(7-5-9)15(16)17/h4-7H,1-3H3. The van der Waals surface area contributed by atoms with E-state index in [1.54, 1.807) is 6.92 Å². The summed E-state index contributed by atoms with van der Waals surface area (Å²) in [5.74, 6) is 0. The van der Waals surface area contributed by atoms with Crippen LogP contribution in [-0.2, 0) is 13.6 Å². The molecule has 0 N–H and O–H groups in total. The highest BCUT2D eigenvalue weighted by Gasteiger charge is 2.32. The molecule has 0 aliphatic carbocycles. The van der Waals surface area contributed by atoms with Crippen LogP contribution in [0.15, 0.2) is 24.3 Å². The molecule has 2 aromatic rings. The molecular formula is C11H13N4O5P. The van der Waals surface area contributed by atoms with Crippen molar-refractivity contribution in [2.75, 3.05) is 14.2 Å². The third-order valence-electron chi connectivity index (χ3n) is 2.92.